The molecule has 2 aliphatic heterocycles. The van der Waals surface area contributed by atoms with Gasteiger partial charge >= 0.3 is 0 Å². The van der Waals surface area contributed by atoms with Crippen LogP contribution >= 0.6 is 0 Å². The first-order valence-corrected chi connectivity index (χ1v) is 22.6. The highest BCUT2D eigenvalue weighted by Crippen LogP contribution is 2.60. The van der Waals surface area contributed by atoms with Gasteiger partial charge in [0.1, 0.15) is 11.7 Å². The van der Waals surface area contributed by atoms with Gasteiger partial charge in [-0.2, -0.15) is 0 Å². The first-order chi connectivity index (χ1) is 25.9. The van der Waals surface area contributed by atoms with Crippen LogP contribution in [0.2, 0.25) is 0 Å². The molecule has 4 nitrogen and oxygen atoms in total. The molecular formula is C50H69ClN4. The quantitative estimate of drug-likeness (QED) is 0.290. The van der Waals surface area contributed by atoms with Gasteiger partial charge in [-0.05, 0) is 139 Å². The Labute approximate surface area is 339 Å². The summed E-state index contributed by atoms with van der Waals surface area (Å²) in [5, 5.41) is 0. The van der Waals surface area contributed by atoms with E-state index in [0.717, 1.165) is 35.5 Å². The average Bonchev–Trinajstić information content (AvgIpc) is 3.75. The molecule has 8 fully saturated rings. The van der Waals surface area contributed by atoms with Crippen molar-refractivity contribution in [3.63, 3.8) is 0 Å². The number of hydrogen-bond acceptors (Lipinski definition) is 3. The number of nitrogens with one attached hydrogen (secondary N) is 1. The molecule has 2 aromatic carbocycles. The first-order valence-electron chi connectivity index (χ1n) is 22.6. The van der Waals surface area contributed by atoms with Gasteiger partial charge in [-0.15, -0.1) is 0 Å². The van der Waals surface area contributed by atoms with Crippen molar-refractivity contribution >= 4 is 11.4 Å². The van der Waals surface area contributed by atoms with Gasteiger partial charge in [0, 0.05) is 31.7 Å². The third kappa shape index (κ3) is 5.91. The number of nitrogens with zero attached hydrogens (tertiary/aromatic N) is 3. The zero-order valence-electron chi connectivity index (χ0n) is 35.3. The van der Waals surface area contributed by atoms with Crippen LogP contribution in [0.4, 0.5) is 11.4 Å². The van der Waals surface area contributed by atoms with E-state index < -0.39 is 0 Å². The number of para-hydroxylation sites is 2. The normalized spacial score (nSPS) is 35.6. The molecule has 12 rings (SSSR count). The van der Waals surface area contributed by atoms with Crippen LogP contribution in [0.25, 0.3) is 0 Å². The van der Waals surface area contributed by atoms with E-state index in [-0.39, 0.29) is 17.9 Å². The fourth-order valence-electron chi connectivity index (χ4n) is 14.8. The summed E-state index contributed by atoms with van der Waals surface area (Å²) in [5.74, 6) is 10.1. The van der Waals surface area contributed by atoms with Gasteiger partial charge in [-0.1, -0.05) is 91.8 Å². The third-order valence-corrected chi connectivity index (χ3v) is 16.2. The van der Waals surface area contributed by atoms with E-state index in [9.17, 15) is 0 Å². The predicted molar refractivity (Wildman–Crippen MR) is 224 cm³/mol. The Morgan fingerprint density at radius 3 is 1.20 bits per heavy atom. The maximum Gasteiger partial charge on any atom is 0.255 e. The van der Waals surface area contributed by atoms with Crippen LogP contribution in [0.1, 0.15) is 178 Å². The fourth-order valence-corrected chi connectivity index (χ4v) is 14.8. The second-order valence-corrected chi connectivity index (χ2v) is 21.3. The predicted octanol–water partition coefficient (Wildman–Crippen LogP) is 8.72. The molecule has 1 atom stereocenters. The van der Waals surface area contributed by atoms with Crippen molar-refractivity contribution in [1.29, 1.82) is 0 Å². The van der Waals surface area contributed by atoms with E-state index in [4.69, 9.17) is 0 Å². The SMILES string of the molecule is CC(C)c1cccc(C(C)C)c1N1C=CN(c2c(C(C)C)cccc2C(C)C)C1=C1N(C23CC4CC(CC(C4)C2)C3)C=C[NH+]1C12CC3CC(CC(C3)C1)C2.[Cl-]. The van der Waals surface area contributed by atoms with E-state index in [1.54, 1.807) is 10.7 Å². The smallest absolute Gasteiger partial charge is 0.255 e. The number of anilines is 2. The van der Waals surface area contributed by atoms with E-state index in [1.165, 1.54) is 116 Å². The van der Waals surface area contributed by atoms with Crippen molar-refractivity contribution in [2.24, 2.45) is 35.5 Å². The highest BCUT2D eigenvalue weighted by Gasteiger charge is 2.63. The van der Waals surface area contributed by atoms with Crippen LogP contribution in [-0.4, -0.2) is 16.0 Å². The molecule has 0 radical (unpaired) electrons. The topological polar surface area (TPSA) is 14.2 Å². The Balaban J connectivity index is 0.00000397. The molecule has 0 aromatic heterocycles. The Hall–Kier alpha value is -2.69. The highest BCUT2D eigenvalue weighted by atomic mass is 35.5. The zero-order chi connectivity index (χ0) is 37.3. The minimum Gasteiger partial charge on any atom is -1.00 e. The lowest BCUT2D eigenvalue weighted by atomic mass is 9.52. The highest BCUT2D eigenvalue weighted by molar-refractivity contribution is 5.77. The Bertz CT molecular complexity index is 1640. The molecule has 2 heterocycles. The summed E-state index contributed by atoms with van der Waals surface area (Å²) >= 11 is 0. The van der Waals surface area contributed by atoms with E-state index in [1.807, 2.05) is 0 Å². The van der Waals surface area contributed by atoms with Crippen LogP contribution in [0.3, 0.4) is 0 Å². The minimum atomic E-state index is 0. The molecule has 296 valence electrons. The van der Waals surface area contributed by atoms with Crippen molar-refractivity contribution in [3.8, 4) is 0 Å². The Kier molecular flexibility index (Phi) is 9.44. The van der Waals surface area contributed by atoms with E-state index in [0.29, 0.717) is 29.2 Å². The summed E-state index contributed by atoms with van der Waals surface area (Å²) in [4.78, 5) is 10.2. The van der Waals surface area contributed by atoms with Gasteiger partial charge in [-0.25, -0.2) is 0 Å². The van der Waals surface area contributed by atoms with Crippen LogP contribution in [0, 0.1) is 35.5 Å². The van der Waals surface area contributed by atoms with Crippen LogP contribution < -0.4 is 27.1 Å². The van der Waals surface area contributed by atoms with Gasteiger partial charge in [0.2, 0.25) is 5.82 Å². The lowest BCUT2D eigenvalue weighted by Crippen LogP contribution is -3.16. The van der Waals surface area contributed by atoms with Crippen LogP contribution in [0.5, 0.6) is 0 Å². The second-order valence-electron chi connectivity index (χ2n) is 21.3. The molecule has 0 spiro atoms. The van der Waals surface area contributed by atoms with Gasteiger partial charge in [-0.3, -0.25) is 19.6 Å². The summed E-state index contributed by atoms with van der Waals surface area (Å²) in [6, 6.07) is 14.4. The first kappa shape index (κ1) is 37.9. The van der Waals surface area contributed by atoms with E-state index in [2.05, 4.69) is 131 Å². The molecule has 0 saturated heterocycles. The molecule has 8 saturated carbocycles. The average molecular weight is 762 g/mol. The standard InChI is InChI=1S/C50H68N4.ClH/c1-31(2)41-11-9-12-42(32(3)4)45(41)51-15-16-52(46-43(33(5)6)13-10-14-44(46)34(7)8)47(51)48-53(49-25-35-19-36(26-49)21-37(20-35)27-49)17-18-54(48)50-28-38-22-39(29-50)24-40(23-38)30-50;/h9-18,31-40H,19-30H2,1-8H3;1H. The van der Waals surface area contributed by atoms with Crippen molar-refractivity contribution in [1.82, 2.24) is 4.90 Å². The number of hydrogen-bond donors (Lipinski definition) is 1. The molecule has 55 heavy (non-hydrogen) atoms. The molecule has 0 amide bonds. The number of benzene rings is 2. The largest absolute Gasteiger partial charge is 1.00 e. The number of quaternary nitrogens is 1. The number of rotatable bonds is 8. The molecule has 5 heteroatoms. The second kappa shape index (κ2) is 13.7. The van der Waals surface area contributed by atoms with Crippen molar-refractivity contribution in [3.05, 3.63) is 95.1 Å². The molecule has 1 unspecified atom stereocenters. The minimum absolute atomic E-state index is 0. The van der Waals surface area contributed by atoms with Crippen molar-refractivity contribution in [2.75, 3.05) is 9.80 Å². The van der Waals surface area contributed by atoms with Gasteiger partial charge in [0.25, 0.3) is 5.82 Å². The molecular weight excluding hydrogens is 692 g/mol. The van der Waals surface area contributed by atoms with E-state index >= 15 is 0 Å². The van der Waals surface area contributed by atoms with Gasteiger partial charge in [0.05, 0.1) is 23.1 Å². The van der Waals surface area contributed by atoms with Crippen LogP contribution in [-0.2, 0) is 0 Å². The van der Waals surface area contributed by atoms with Crippen molar-refractivity contribution in [2.45, 2.75) is 167 Å². The summed E-state index contributed by atoms with van der Waals surface area (Å²) in [6.45, 7) is 19.3. The number of halogens is 1. The summed E-state index contributed by atoms with van der Waals surface area (Å²) in [5.41, 5.74) is 9.26. The molecule has 8 bridgehead atoms. The Morgan fingerprint density at radius 2 is 0.855 bits per heavy atom. The molecule has 10 aliphatic rings. The van der Waals surface area contributed by atoms with Crippen molar-refractivity contribution < 1.29 is 17.3 Å². The zero-order valence-corrected chi connectivity index (χ0v) is 36.0. The van der Waals surface area contributed by atoms with Gasteiger partial charge in [0.15, 0.2) is 0 Å². The maximum absolute atomic E-state index is 3.01. The monoisotopic (exact) mass is 761 g/mol. The fraction of sp³-hybridized carbons (Fsp3) is 0.640. The summed E-state index contributed by atoms with van der Waals surface area (Å²) < 4.78 is 0. The molecule has 1 N–H and O–H groups in total. The lowest BCUT2D eigenvalue weighted by Gasteiger charge is -2.60. The summed E-state index contributed by atoms with van der Waals surface area (Å²) in [7, 11) is 0. The Morgan fingerprint density at radius 1 is 0.509 bits per heavy atom. The summed E-state index contributed by atoms with van der Waals surface area (Å²) in [6.07, 6.45) is 27.6. The third-order valence-electron chi connectivity index (χ3n) is 16.2. The van der Waals surface area contributed by atoms with Gasteiger partial charge < -0.3 is 12.4 Å². The van der Waals surface area contributed by atoms with Crippen LogP contribution in [0.15, 0.2) is 72.8 Å². The molecule has 8 aliphatic carbocycles. The lowest BCUT2D eigenvalue weighted by molar-refractivity contribution is -0.877. The molecule has 2 aromatic rings. The maximum atomic E-state index is 3.01.